The molecule has 0 aliphatic heterocycles. The topological polar surface area (TPSA) is 58.9 Å². The summed E-state index contributed by atoms with van der Waals surface area (Å²) in [7, 11) is -3.13. The van der Waals surface area contributed by atoms with Crippen LogP contribution in [0.15, 0.2) is 0 Å². The molecule has 0 saturated carbocycles. The molecule has 13 heavy (non-hydrogen) atoms. The predicted molar refractivity (Wildman–Crippen MR) is 56.5 cm³/mol. The molecule has 0 aromatic carbocycles. The van der Waals surface area contributed by atoms with Gasteiger partial charge < -0.3 is 18.8 Å². The van der Waals surface area contributed by atoms with Crippen molar-refractivity contribution in [1.82, 2.24) is 0 Å². The maximum Gasteiger partial charge on any atom is 0.321 e. The molecule has 0 radical (unpaired) electrons. The van der Waals surface area contributed by atoms with E-state index in [4.69, 9.17) is 18.8 Å². The number of hydrogen-bond donors (Lipinski definition) is 2. The zero-order valence-corrected chi connectivity index (χ0v) is 10.9. The molecule has 1 atom stereocenters. The Morgan fingerprint density at radius 2 is 1.92 bits per heavy atom. The molecule has 80 valence electrons. The zero-order chi connectivity index (χ0) is 10.5. The molecule has 6 heteroatoms. The van der Waals surface area contributed by atoms with Crippen molar-refractivity contribution in [3.8, 4) is 0 Å². The van der Waals surface area contributed by atoms with Gasteiger partial charge in [0.15, 0.2) is 9.04 Å². The van der Waals surface area contributed by atoms with Crippen LogP contribution in [0.5, 0.6) is 0 Å². The summed E-state index contributed by atoms with van der Waals surface area (Å²) >= 11 is 0. The van der Waals surface area contributed by atoms with Crippen molar-refractivity contribution in [2.24, 2.45) is 0 Å². The van der Waals surface area contributed by atoms with Gasteiger partial charge in [-0.2, -0.15) is 0 Å². The van der Waals surface area contributed by atoms with Crippen LogP contribution in [0.25, 0.3) is 0 Å². The van der Waals surface area contributed by atoms with Crippen molar-refractivity contribution in [3.63, 3.8) is 0 Å². The summed E-state index contributed by atoms with van der Waals surface area (Å²) in [5, 5.41) is 17.6. The van der Waals surface area contributed by atoms with Gasteiger partial charge in [0.1, 0.15) is 0 Å². The molecule has 0 aliphatic rings. The molecular formula is C7H20O4Si2. The van der Waals surface area contributed by atoms with Crippen LogP contribution in [0.2, 0.25) is 26.2 Å². The van der Waals surface area contributed by atoms with Crippen molar-refractivity contribution >= 4 is 17.6 Å². The van der Waals surface area contributed by atoms with Crippen LogP contribution in [0.4, 0.5) is 0 Å². The lowest BCUT2D eigenvalue weighted by atomic mass is 10.4. The molecule has 0 aromatic heterocycles. The van der Waals surface area contributed by atoms with E-state index in [0.29, 0.717) is 0 Å². The molecule has 0 aliphatic carbocycles. The van der Waals surface area contributed by atoms with Crippen molar-refractivity contribution in [2.45, 2.75) is 32.3 Å². The smallest absolute Gasteiger partial charge is 0.321 e. The van der Waals surface area contributed by atoms with Gasteiger partial charge in [0.05, 0.1) is 19.3 Å². The second-order valence-electron chi connectivity index (χ2n) is 3.71. The van der Waals surface area contributed by atoms with E-state index < -0.39 is 23.7 Å². The van der Waals surface area contributed by atoms with Gasteiger partial charge in [-0.3, -0.25) is 0 Å². The highest BCUT2D eigenvalue weighted by atomic mass is 28.4. The Labute approximate surface area is 82.5 Å². The van der Waals surface area contributed by atoms with Crippen molar-refractivity contribution in [2.75, 3.05) is 13.2 Å². The minimum absolute atomic E-state index is 0.164. The van der Waals surface area contributed by atoms with Crippen LogP contribution >= 0.6 is 0 Å². The third kappa shape index (κ3) is 7.35. The second kappa shape index (κ2) is 5.89. The Morgan fingerprint density at radius 3 is 2.31 bits per heavy atom. The predicted octanol–water partition coefficient (Wildman–Crippen LogP) is 0.0580. The Kier molecular flexibility index (Phi) is 6.01. The largest absolute Gasteiger partial charge is 0.439 e. The van der Waals surface area contributed by atoms with Crippen molar-refractivity contribution < 1.29 is 18.8 Å². The Morgan fingerprint density at radius 1 is 1.38 bits per heavy atom. The molecule has 0 spiro atoms. The summed E-state index contributed by atoms with van der Waals surface area (Å²) in [5.41, 5.74) is 0. The van der Waals surface area contributed by atoms with Crippen LogP contribution in [-0.4, -0.2) is 47.1 Å². The summed E-state index contributed by atoms with van der Waals surface area (Å²) < 4.78 is 11.1. The second-order valence-corrected chi connectivity index (χ2v) is 9.84. The number of aliphatic hydroxyl groups is 2. The third-order valence-corrected chi connectivity index (χ3v) is 6.37. The maximum atomic E-state index is 9.06. The highest BCUT2D eigenvalue weighted by Crippen LogP contribution is 2.08. The average Bonchev–Trinajstić information content (AvgIpc) is 1.98. The van der Waals surface area contributed by atoms with Gasteiger partial charge in [0, 0.05) is 0 Å². The van der Waals surface area contributed by atoms with E-state index in [-0.39, 0.29) is 13.2 Å². The standard InChI is InChI=1S/C7H20O4Si2/c1-12(2)11-13(3,4)10-6-7(9)5-8/h7-9,12H,5-6H2,1-4H3. The normalized spacial score (nSPS) is 15.0. The van der Waals surface area contributed by atoms with Gasteiger partial charge in [0.25, 0.3) is 0 Å². The molecule has 0 rings (SSSR count). The summed E-state index contributed by atoms with van der Waals surface area (Å²) in [6.45, 7) is 7.97. The van der Waals surface area contributed by atoms with Crippen LogP contribution in [0, 0.1) is 0 Å². The molecule has 0 amide bonds. The fourth-order valence-corrected chi connectivity index (χ4v) is 6.36. The van der Waals surface area contributed by atoms with Crippen LogP contribution < -0.4 is 0 Å². The Hall–Kier alpha value is 0.274. The molecule has 0 fully saturated rings. The maximum absolute atomic E-state index is 9.06. The molecular weight excluding hydrogens is 204 g/mol. The minimum Gasteiger partial charge on any atom is -0.439 e. The van der Waals surface area contributed by atoms with Gasteiger partial charge >= 0.3 is 8.56 Å². The van der Waals surface area contributed by atoms with E-state index in [9.17, 15) is 0 Å². The highest BCUT2D eigenvalue weighted by Gasteiger charge is 2.26. The quantitative estimate of drug-likeness (QED) is 0.626. The lowest BCUT2D eigenvalue weighted by Crippen LogP contribution is -2.41. The van der Waals surface area contributed by atoms with Gasteiger partial charge in [0.2, 0.25) is 0 Å². The van der Waals surface area contributed by atoms with Gasteiger partial charge in [-0.25, -0.2) is 0 Å². The fourth-order valence-electron chi connectivity index (χ4n) is 0.951. The van der Waals surface area contributed by atoms with E-state index >= 15 is 0 Å². The van der Waals surface area contributed by atoms with E-state index in [1.807, 2.05) is 13.1 Å². The summed E-state index contributed by atoms with van der Waals surface area (Å²) in [5.74, 6) is 0. The summed E-state index contributed by atoms with van der Waals surface area (Å²) in [6, 6.07) is 0. The average molecular weight is 224 g/mol. The molecule has 0 saturated heterocycles. The van der Waals surface area contributed by atoms with Gasteiger partial charge in [-0.15, -0.1) is 0 Å². The highest BCUT2D eigenvalue weighted by molar-refractivity contribution is 6.72. The van der Waals surface area contributed by atoms with Crippen molar-refractivity contribution in [1.29, 1.82) is 0 Å². The Bertz CT molecular complexity index is 140. The number of hydrogen-bond acceptors (Lipinski definition) is 4. The monoisotopic (exact) mass is 224 g/mol. The molecule has 1 unspecified atom stereocenters. The molecule has 4 nitrogen and oxygen atoms in total. The first kappa shape index (κ1) is 13.3. The summed E-state index contributed by atoms with van der Waals surface area (Å²) in [6.07, 6.45) is -0.788. The number of aliphatic hydroxyl groups excluding tert-OH is 2. The molecule has 2 N–H and O–H groups in total. The fraction of sp³-hybridized carbons (Fsp3) is 1.00. The Balaban J connectivity index is 3.74. The van der Waals surface area contributed by atoms with Crippen LogP contribution in [-0.2, 0) is 8.54 Å². The lowest BCUT2D eigenvalue weighted by Gasteiger charge is -2.26. The van der Waals surface area contributed by atoms with E-state index in [1.165, 1.54) is 0 Å². The van der Waals surface area contributed by atoms with E-state index in [2.05, 4.69) is 13.1 Å². The van der Waals surface area contributed by atoms with Gasteiger partial charge in [-0.1, -0.05) is 0 Å². The van der Waals surface area contributed by atoms with E-state index in [1.54, 1.807) is 0 Å². The third-order valence-electron chi connectivity index (χ3n) is 1.35. The molecule has 0 heterocycles. The summed E-state index contributed by atoms with van der Waals surface area (Å²) in [4.78, 5) is 0. The SMILES string of the molecule is C[SiH](C)O[Si](C)(C)OCC(O)CO. The number of rotatable bonds is 6. The van der Waals surface area contributed by atoms with Crippen molar-refractivity contribution in [3.05, 3.63) is 0 Å². The minimum atomic E-state index is -2.05. The molecule has 0 aromatic rings. The van der Waals surface area contributed by atoms with Gasteiger partial charge in [-0.05, 0) is 26.2 Å². The first-order valence-electron chi connectivity index (χ1n) is 4.48. The van der Waals surface area contributed by atoms with Crippen LogP contribution in [0.1, 0.15) is 0 Å². The first-order chi connectivity index (χ1) is 5.87. The lowest BCUT2D eigenvalue weighted by molar-refractivity contribution is 0.0444. The first-order valence-corrected chi connectivity index (χ1v) is 10.1. The van der Waals surface area contributed by atoms with Crippen LogP contribution in [0.3, 0.4) is 0 Å². The zero-order valence-electron chi connectivity index (χ0n) is 8.78. The molecule has 0 bridgehead atoms. The van der Waals surface area contributed by atoms with E-state index in [0.717, 1.165) is 0 Å².